The molecule has 0 radical (unpaired) electrons. The zero-order valence-corrected chi connectivity index (χ0v) is 16.5. The molecular formula is C24H23F5O. The first-order valence-corrected chi connectivity index (χ1v) is 10.0. The predicted octanol–water partition coefficient (Wildman–Crippen LogP) is 7.18. The summed E-state index contributed by atoms with van der Waals surface area (Å²) in [5.74, 6) is 3.80. The molecule has 1 aliphatic carbocycles. The number of ether oxygens (including phenoxy) is 1. The van der Waals surface area contributed by atoms with Gasteiger partial charge in [-0.15, -0.1) is 6.58 Å². The first kappa shape index (κ1) is 22.1. The number of hydrogen-bond acceptors (Lipinski definition) is 1. The van der Waals surface area contributed by atoms with Gasteiger partial charge in [0, 0.05) is 22.3 Å². The number of halogens is 5. The van der Waals surface area contributed by atoms with Crippen molar-refractivity contribution in [3.63, 3.8) is 0 Å². The third kappa shape index (κ3) is 5.53. The van der Waals surface area contributed by atoms with E-state index in [4.69, 9.17) is 0 Å². The molecule has 2 aromatic rings. The van der Waals surface area contributed by atoms with E-state index in [9.17, 15) is 22.0 Å². The first-order valence-electron chi connectivity index (χ1n) is 10.0. The van der Waals surface area contributed by atoms with Crippen LogP contribution in [0.4, 0.5) is 22.0 Å². The highest BCUT2D eigenvalue weighted by Crippen LogP contribution is 2.34. The molecule has 1 saturated carbocycles. The Kier molecular flexibility index (Phi) is 7.02. The first-order chi connectivity index (χ1) is 14.3. The molecule has 0 atom stereocenters. The molecule has 6 heteroatoms. The van der Waals surface area contributed by atoms with Crippen molar-refractivity contribution in [2.45, 2.75) is 44.7 Å². The van der Waals surface area contributed by atoms with Crippen molar-refractivity contribution >= 4 is 10.8 Å². The van der Waals surface area contributed by atoms with E-state index in [1.165, 1.54) is 6.07 Å². The van der Waals surface area contributed by atoms with Gasteiger partial charge in [-0.05, 0) is 56.6 Å². The summed E-state index contributed by atoms with van der Waals surface area (Å²) in [7, 11) is 0. The largest absolute Gasteiger partial charge is 0.478 e. The lowest BCUT2D eigenvalue weighted by atomic mass is 9.80. The Morgan fingerprint density at radius 1 is 1.10 bits per heavy atom. The van der Waals surface area contributed by atoms with Gasteiger partial charge in [0.2, 0.25) is 0 Å². The standard InChI is InChI=1S/C24H23F5O/c1-2-3-5-16-8-10-17(11-9-16)12-13-18-6-4-7-19-20(18)14-21(25)23(22(19)26)30-15-24(27,28)29/h2,4,6-7,14,16-17H,1,3,5,8-11,15H2. The molecular weight excluding hydrogens is 399 g/mol. The van der Waals surface area contributed by atoms with Gasteiger partial charge in [-0.2, -0.15) is 13.2 Å². The summed E-state index contributed by atoms with van der Waals surface area (Å²) in [6.07, 6.45) is 3.58. The van der Waals surface area contributed by atoms with Gasteiger partial charge in [0.15, 0.2) is 24.0 Å². The lowest BCUT2D eigenvalue weighted by Crippen LogP contribution is -2.20. The van der Waals surface area contributed by atoms with Crippen molar-refractivity contribution in [1.82, 2.24) is 0 Å². The third-order valence-corrected chi connectivity index (χ3v) is 5.45. The Balaban J connectivity index is 1.80. The second kappa shape index (κ2) is 9.51. The minimum atomic E-state index is -4.69. The molecule has 30 heavy (non-hydrogen) atoms. The van der Waals surface area contributed by atoms with E-state index in [2.05, 4.69) is 23.2 Å². The highest BCUT2D eigenvalue weighted by atomic mass is 19.4. The fourth-order valence-corrected chi connectivity index (χ4v) is 3.86. The van der Waals surface area contributed by atoms with Gasteiger partial charge in [-0.3, -0.25) is 0 Å². The Hall–Kier alpha value is -2.55. The van der Waals surface area contributed by atoms with E-state index in [1.54, 1.807) is 12.1 Å². The van der Waals surface area contributed by atoms with Crippen LogP contribution >= 0.6 is 0 Å². The molecule has 0 spiro atoms. The average molecular weight is 422 g/mol. The van der Waals surface area contributed by atoms with Crippen LogP contribution in [0.3, 0.4) is 0 Å². The molecule has 1 aliphatic rings. The highest BCUT2D eigenvalue weighted by Gasteiger charge is 2.30. The second-order valence-corrected chi connectivity index (χ2v) is 7.66. The summed E-state index contributed by atoms with van der Waals surface area (Å²) in [4.78, 5) is 0. The molecule has 1 nitrogen and oxygen atoms in total. The maximum Gasteiger partial charge on any atom is 0.422 e. The molecule has 0 aromatic heterocycles. The van der Waals surface area contributed by atoms with Crippen LogP contribution in [0.15, 0.2) is 36.9 Å². The van der Waals surface area contributed by atoms with Crippen molar-refractivity contribution < 1.29 is 26.7 Å². The van der Waals surface area contributed by atoms with Crippen molar-refractivity contribution in [2.75, 3.05) is 6.61 Å². The molecule has 0 aliphatic heterocycles. The molecule has 0 saturated heterocycles. The summed E-state index contributed by atoms with van der Waals surface area (Å²) in [6, 6.07) is 5.56. The molecule has 2 aromatic carbocycles. The molecule has 0 N–H and O–H groups in total. The van der Waals surface area contributed by atoms with Crippen LogP contribution < -0.4 is 4.74 Å². The van der Waals surface area contributed by atoms with Crippen LogP contribution in [-0.4, -0.2) is 12.8 Å². The zero-order chi connectivity index (χ0) is 21.7. The SMILES string of the molecule is C=CCCC1CCC(C#Cc2cccc3c(F)c(OCC(F)(F)F)c(F)cc23)CC1. The summed E-state index contributed by atoms with van der Waals surface area (Å²) < 4.78 is 70.3. The Labute approximate surface area is 172 Å². The lowest BCUT2D eigenvalue weighted by molar-refractivity contribution is -0.154. The van der Waals surface area contributed by atoms with Crippen LogP contribution in [-0.2, 0) is 0 Å². The van der Waals surface area contributed by atoms with Gasteiger partial charge in [0.1, 0.15) is 0 Å². The van der Waals surface area contributed by atoms with Crippen LogP contribution in [0.25, 0.3) is 10.8 Å². The summed E-state index contributed by atoms with van der Waals surface area (Å²) >= 11 is 0. The topological polar surface area (TPSA) is 9.23 Å². The van der Waals surface area contributed by atoms with Crippen LogP contribution in [0.1, 0.15) is 44.1 Å². The van der Waals surface area contributed by atoms with E-state index in [1.807, 2.05) is 6.08 Å². The Morgan fingerprint density at radius 3 is 2.50 bits per heavy atom. The maximum atomic E-state index is 14.6. The fraction of sp³-hybridized carbons (Fsp3) is 0.417. The molecule has 160 valence electrons. The van der Waals surface area contributed by atoms with E-state index in [0.717, 1.165) is 44.6 Å². The smallest absolute Gasteiger partial charge is 0.422 e. The number of hydrogen-bond donors (Lipinski definition) is 0. The summed E-state index contributed by atoms with van der Waals surface area (Å²) in [6.45, 7) is 1.99. The van der Waals surface area contributed by atoms with Gasteiger partial charge in [0.05, 0.1) is 0 Å². The molecule has 0 bridgehead atoms. The maximum absolute atomic E-state index is 14.6. The van der Waals surface area contributed by atoms with Gasteiger partial charge < -0.3 is 4.74 Å². The van der Waals surface area contributed by atoms with Crippen LogP contribution in [0.2, 0.25) is 0 Å². The van der Waals surface area contributed by atoms with E-state index >= 15 is 0 Å². The molecule has 1 fully saturated rings. The number of benzene rings is 2. The fourth-order valence-electron chi connectivity index (χ4n) is 3.86. The van der Waals surface area contributed by atoms with Crippen molar-refractivity contribution in [3.05, 3.63) is 54.1 Å². The quantitative estimate of drug-likeness (QED) is 0.282. The van der Waals surface area contributed by atoms with Gasteiger partial charge in [0.25, 0.3) is 0 Å². The third-order valence-electron chi connectivity index (χ3n) is 5.45. The minimum Gasteiger partial charge on any atom is -0.478 e. The summed E-state index contributed by atoms with van der Waals surface area (Å²) in [5, 5.41) is 0.201. The van der Waals surface area contributed by atoms with Crippen LogP contribution in [0, 0.1) is 35.3 Å². The number of fused-ring (bicyclic) bond motifs is 1. The van der Waals surface area contributed by atoms with Crippen molar-refractivity contribution in [2.24, 2.45) is 11.8 Å². The molecule has 3 rings (SSSR count). The second-order valence-electron chi connectivity index (χ2n) is 7.66. The lowest BCUT2D eigenvalue weighted by Gasteiger charge is -2.25. The van der Waals surface area contributed by atoms with Gasteiger partial charge in [-0.25, -0.2) is 8.78 Å². The Morgan fingerprint density at radius 2 is 1.83 bits per heavy atom. The highest BCUT2D eigenvalue weighted by molar-refractivity contribution is 5.90. The van der Waals surface area contributed by atoms with E-state index < -0.39 is 30.2 Å². The molecule has 0 heterocycles. The Bertz CT molecular complexity index is 959. The van der Waals surface area contributed by atoms with Gasteiger partial charge in [-0.1, -0.05) is 30.0 Å². The normalized spacial score (nSPS) is 19.2. The monoisotopic (exact) mass is 422 g/mol. The van der Waals surface area contributed by atoms with Gasteiger partial charge >= 0.3 is 6.18 Å². The van der Waals surface area contributed by atoms with Crippen molar-refractivity contribution in [3.8, 4) is 17.6 Å². The number of alkyl halides is 3. The average Bonchev–Trinajstić information content (AvgIpc) is 2.70. The summed E-state index contributed by atoms with van der Waals surface area (Å²) in [5.41, 5.74) is 0.446. The molecule has 0 amide bonds. The number of rotatable bonds is 5. The van der Waals surface area contributed by atoms with E-state index in [-0.39, 0.29) is 16.7 Å². The van der Waals surface area contributed by atoms with E-state index in [0.29, 0.717) is 11.5 Å². The van der Waals surface area contributed by atoms with Crippen molar-refractivity contribution in [1.29, 1.82) is 0 Å². The number of allylic oxidation sites excluding steroid dienone is 1. The minimum absolute atomic E-state index is 0.0199. The predicted molar refractivity (Wildman–Crippen MR) is 107 cm³/mol. The van der Waals surface area contributed by atoms with Crippen LogP contribution in [0.5, 0.6) is 5.75 Å². The zero-order valence-electron chi connectivity index (χ0n) is 16.5. The molecule has 0 unspecified atom stereocenters.